The molecule has 0 saturated heterocycles. The maximum Gasteiger partial charge on any atom is 0.294 e. The van der Waals surface area contributed by atoms with Gasteiger partial charge in [0.25, 0.3) is 20.2 Å². The molecule has 0 bridgehead atoms. The first-order valence-electron chi connectivity index (χ1n) is 7.60. The molecule has 0 aliphatic carbocycles. The zero-order chi connectivity index (χ0) is 20.5. The Bertz CT molecular complexity index is 1290. The fourth-order valence-corrected chi connectivity index (χ4v) is 3.97. The van der Waals surface area contributed by atoms with Crippen LogP contribution >= 0.6 is 8.46 Å². The molecule has 0 fully saturated rings. The van der Waals surface area contributed by atoms with Crippen molar-refractivity contribution in [2.24, 2.45) is 0 Å². The Kier molecular flexibility index (Phi) is 5.42. The fraction of sp³-hybridized carbons (Fsp3) is 0. The standard InChI is InChI=1S/C17H12NO7PS2/c19-26-16-8-7-15(11-3-1-5-13(9-11)27(20,21)22)18-17(16)12-4-2-6-14(10-12)28(23,24)25/h1-10H,(H,20,21,22)(H,23,24,25). The maximum absolute atomic E-state index is 11.5. The van der Waals surface area contributed by atoms with Crippen LogP contribution in [0.15, 0.2) is 70.5 Å². The monoisotopic (exact) mass is 437 g/mol. The highest BCUT2D eigenvalue weighted by atomic mass is 32.2. The highest BCUT2D eigenvalue weighted by molar-refractivity contribution is 7.86. The van der Waals surface area contributed by atoms with E-state index in [2.05, 4.69) is 4.98 Å². The molecule has 3 aromatic rings. The summed E-state index contributed by atoms with van der Waals surface area (Å²) in [6.07, 6.45) is 0. The van der Waals surface area contributed by atoms with E-state index in [4.69, 9.17) is 0 Å². The predicted molar refractivity (Wildman–Crippen MR) is 102 cm³/mol. The number of nitrogens with zero attached hydrogens (tertiary/aromatic N) is 1. The Balaban J connectivity index is 2.19. The Hall–Kier alpha value is -2.49. The first-order valence-corrected chi connectivity index (χ1v) is 11.3. The number of aromatic nitrogens is 1. The number of rotatable bonds is 5. The van der Waals surface area contributed by atoms with Crippen LogP contribution in [0.2, 0.25) is 0 Å². The van der Waals surface area contributed by atoms with Gasteiger partial charge < -0.3 is 0 Å². The van der Waals surface area contributed by atoms with Gasteiger partial charge in [-0.3, -0.25) is 13.7 Å². The van der Waals surface area contributed by atoms with E-state index in [1.807, 2.05) is 0 Å². The first-order chi connectivity index (χ1) is 13.1. The molecule has 1 heterocycles. The van der Waals surface area contributed by atoms with E-state index in [1.54, 1.807) is 6.07 Å². The van der Waals surface area contributed by atoms with Crippen molar-refractivity contribution in [3.05, 3.63) is 60.7 Å². The third-order valence-corrected chi connectivity index (χ3v) is 6.06. The normalized spacial score (nSPS) is 12.2. The summed E-state index contributed by atoms with van der Waals surface area (Å²) in [6, 6.07) is 13.8. The SMILES string of the molecule is O=Pc1ccc(-c2cccc(S(=O)(=O)O)c2)nc1-c1cccc(S(=O)(=O)O)c1. The number of pyridine rings is 1. The molecule has 0 amide bonds. The highest BCUT2D eigenvalue weighted by Gasteiger charge is 2.16. The van der Waals surface area contributed by atoms with E-state index in [1.165, 1.54) is 54.6 Å². The van der Waals surface area contributed by atoms with Crippen LogP contribution in [0.1, 0.15) is 0 Å². The highest BCUT2D eigenvalue weighted by Crippen LogP contribution is 2.26. The molecule has 1 aromatic heterocycles. The van der Waals surface area contributed by atoms with Crippen molar-refractivity contribution in [1.82, 2.24) is 4.98 Å². The van der Waals surface area contributed by atoms with Crippen LogP contribution < -0.4 is 5.30 Å². The second-order valence-corrected chi connectivity index (χ2v) is 9.17. The molecule has 144 valence electrons. The van der Waals surface area contributed by atoms with Gasteiger partial charge in [0.2, 0.25) is 0 Å². The summed E-state index contributed by atoms with van der Waals surface area (Å²) in [4.78, 5) is 3.71. The van der Waals surface area contributed by atoms with Crippen molar-refractivity contribution in [2.75, 3.05) is 0 Å². The van der Waals surface area contributed by atoms with Gasteiger partial charge in [0.05, 0.1) is 26.5 Å². The van der Waals surface area contributed by atoms with E-state index < -0.39 is 20.2 Å². The molecule has 0 radical (unpaired) electrons. The summed E-state index contributed by atoms with van der Waals surface area (Å²) in [5.74, 6) is 0. The van der Waals surface area contributed by atoms with Crippen molar-refractivity contribution in [1.29, 1.82) is 0 Å². The molecule has 0 spiro atoms. The van der Waals surface area contributed by atoms with E-state index in [0.29, 0.717) is 16.8 Å². The lowest BCUT2D eigenvalue weighted by molar-refractivity contribution is 0.481. The van der Waals surface area contributed by atoms with Crippen molar-refractivity contribution in [2.45, 2.75) is 9.79 Å². The Morgan fingerprint density at radius 2 is 1.29 bits per heavy atom. The molecule has 0 aliphatic rings. The van der Waals surface area contributed by atoms with E-state index >= 15 is 0 Å². The molecule has 0 aliphatic heterocycles. The minimum atomic E-state index is -4.44. The maximum atomic E-state index is 11.5. The number of hydrogen-bond donors (Lipinski definition) is 2. The van der Waals surface area contributed by atoms with Gasteiger partial charge in [0.15, 0.2) is 8.46 Å². The first kappa shape index (κ1) is 20.2. The number of benzene rings is 2. The quantitative estimate of drug-likeness (QED) is 0.459. The summed E-state index contributed by atoms with van der Waals surface area (Å²) in [6.45, 7) is 0. The van der Waals surface area contributed by atoms with Crippen LogP contribution in [0.4, 0.5) is 0 Å². The third-order valence-electron chi connectivity index (χ3n) is 3.81. The second kappa shape index (κ2) is 7.50. The third kappa shape index (κ3) is 4.32. The average molecular weight is 437 g/mol. The van der Waals surface area contributed by atoms with Crippen LogP contribution in [0, 0.1) is 0 Å². The van der Waals surface area contributed by atoms with Gasteiger partial charge >= 0.3 is 0 Å². The van der Waals surface area contributed by atoms with Gasteiger partial charge in [-0.25, -0.2) is 4.98 Å². The summed E-state index contributed by atoms with van der Waals surface area (Å²) in [7, 11) is -9.21. The van der Waals surface area contributed by atoms with Gasteiger partial charge in [0.1, 0.15) is 0 Å². The van der Waals surface area contributed by atoms with Gasteiger partial charge in [0, 0.05) is 11.1 Å². The Labute approximate surface area is 162 Å². The number of hydrogen-bond acceptors (Lipinski definition) is 6. The van der Waals surface area contributed by atoms with Gasteiger partial charge in [-0.1, -0.05) is 24.3 Å². The molecule has 0 atom stereocenters. The Morgan fingerprint density at radius 3 is 1.82 bits per heavy atom. The molecular formula is C17H12NO7PS2. The predicted octanol–water partition coefficient (Wildman–Crippen LogP) is 2.83. The van der Waals surface area contributed by atoms with Crippen LogP contribution in [0.25, 0.3) is 22.5 Å². The minimum Gasteiger partial charge on any atom is -0.282 e. The van der Waals surface area contributed by atoms with Crippen molar-refractivity contribution in [3.8, 4) is 22.5 Å². The molecule has 3 rings (SSSR count). The zero-order valence-electron chi connectivity index (χ0n) is 13.9. The lowest BCUT2D eigenvalue weighted by atomic mass is 10.1. The van der Waals surface area contributed by atoms with E-state index in [-0.39, 0.29) is 29.2 Å². The van der Waals surface area contributed by atoms with Crippen molar-refractivity contribution >= 4 is 34.0 Å². The molecule has 28 heavy (non-hydrogen) atoms. The summed E-state index contributed by atoms with van der Waals surface area (Å²) >= 11 is 0. The van der Waals surface area contributed by atoms with Crippen LogP contribution in [0.3, 0.4) is 0 Å². The fourth-order valence-electron chi connectivity index (χ4n) is 2.52. The largest absolute Gasteiger partial charge is 0.294 e. The summed E-state index contributed by atoms with van der Waals surface area (Å²) < 4.78 is 75.4. The molecule has 2 N–H and O–H groups in total. The molecule has 8 nitrogen and oxygen atoms in total. The van der Waals surface area contributed by atoms with Gasteiger partial charge in [-0.05, 0) is 36.4 Å². The minimum absolute atomic E-state index is 0.192. The molecular weight excluding hydrogens is 425 g/mol. The topological polar surface area (TPSA) is 139 Å². The van der Waals surface area contributed by atoms with Crippen LogP contribution in [0.5, 0.6) is 0 Å². The lowest BCUT2D eigenvalue weighted by Crippen LogP contribution is -2.04. The molecule has 11 heteroatoms. The van der Waals surface area contributed by atoms with Crippen molar-refractivity contribution in [3.63, 3.8) is 0 Å². The van der Waals surface area contributed by atoms with Gasteiger partial charge in [-0.15, -0.1) is 0 Å². The summed E-state index contributed by atoms with van der Waals surface area (Å²) in [5, 5.41) is 0.266. The lowest BCUT2D eigenvalue weighted by Gasteiger charge is -2.09. The van der Waals surface area contributed by atoms with E-state index in [9.17, 15) is 30.5 Å². The van der Waals surface area contributed by atoms with Crippen LogP contribution in [-0.4, -0.2) is 30.9 Å². The second-order valence-electron chi connectivity index (χ2n) is 5.66. The van der Waals surface area contributed by atoms with Gasteiger partial charge in [-0.2, -0.15) is 16.8 Å². The average Bonchev–Trinajstić information content (AvgIpc) is 2.66. The smallest absolute Gasteiger partial charge is 0.282 e. The molecule has 2 aromatic carbocycles. The summed E-state index contributed by atoms with van der Waals surface area (Å²) in [5.41, 5.74) is 1.17. The zero-order valence-corrected chi connectivity index (χ0v) is 16.4. The van der Waals surface area contributed by atoms with Crippen molar-refractivity contribution < 1.29 is 30.5 Å². The molecule has 0 unspecified atom stereocenters. The molecule has 0 saturated carbocycles. The van der Waals surface area contributed by atoms with E-state index in [0.717, 1.165) is 0 Å². The van der Waals surface area contributed by atoms with Crippen LogP contribution in [-0.2, 0) is 24.8 Å². The Morgan fingerprint density at radius 1 is 0.750 bits per heavy atom.